The summed E-state index contributed by atoms with van der Waals surface area (Å²) in [5, 5.41) is 9.06. The number of piperidine rings is 1. The van der Waals surface area contributed by atoms with Gasteiger partial charge in [0.05, 0.1) is 5.56 Å². The quantitative estimate of drug-likeness (QED) is 0.788. The third kappa shape index (κ3) is 5.22. The van der Waals surface area contributed by atoms with Crippen molar-refractivity contribution >= 4 is 17.7 Å². The fourth-order valence-electron chi connectivity index (χ4n) is 4.64. The SMILES string of the molecule is CN(C(=O)OC(C)(C)C)C1CCC2(CC1)CCN(c1ccc(C(=O)O)cc1)CC2. The first kappa shape index (κ1) is 21.5. The predicted molar refractivity (Wildman–Crippen MR) is 114 cm³/mol. The first-order chi connectivity index (χ1) is 13.6. The van der Waals surface area contributed by atoms with Crippen molar-refractivity contribution in [1.29, 1.82) is 0 Å². The molecule has 1 saturated heterocycles. The van der Waals surface area contributed by atoms with Crippen molar-refractivity contribution in [2.45, 2.75) is 70.9 Å². The lowest BCUT2D eigenvalue weighted by molar-refractivity contribution is 0.0105. The zero-order valence-corrected chi connectivity index (χ0v) is 18.1. The summed E-state index contributed by atoms with van der Waals surface area (Å²) in [6, 6.07) is 7.44. The highest BCUT2D eigenvalue weighted by Crippen LogP contribution is 2.46. The van der Waals surface area contributed by atoms with Gasteiger partial charge in [0.2, 0.25) is 0 Å². The van der Waals surface area contributed by atoms with E-state index in [2.05, 4.69) is 4.90 Å². The van der Waals surface area contributed by atoms with Crippen LogP contribution in [0.5, 0.6) is 0 Å². The molecular weight excluding hydrogens is 368 g/mol. The molecule has 0 atom stereocenters. The fourth-order valence-corrected chi connectivity index (χ4v) is 4.64. The zero-order valence-electron chi connectivity index (χ0n) is 18.1. The molecule has 160 valence electrons. The number of rotatable bonds is 3. The van der Waals surface area contributed by atoms with Gasteiger partial charge in [-0.25, -0.2) is 9.59 Å². The van der Waals surface area contributed by atoms with Crippen molar-refractivity contribution in [3.63, 3.8) is 0 Å². The molecule has 0 aromatic heterocycles. The lowest BCUT2D eigenvalue weighted by Crippen LogP contribution is -2.47. The van der Waals surface area contributed by atoms with Crippen LogP contribution >= 0.6 is 0 Å². The van der Waals surface area contributed by atoms with E-state index in [1.54, 1.807) is 17.0 Å². The fraction of sp³-hybridized carbons (Fsp3) is 0.652. The van der Waals surface area contributed by atoms with Crippen LogP contribution in [0.2, 0.25) is 0 Å². The summed E-state index contributed by atoms with van der Waals surface area (Å²) in [5.41, 5.74) is 1.34. The van der Waals surface area contributed by atoms with Gasteiger partial charge in [0.1, 0.15) is 5.60 Å². The third-order valence-corrected chi connectivity index (χ3v) is 6.55. The second-order valence-electron chi connectivity index (χ2n) is 9.66. The molecule has 1 spiro atoms. The van der Waals surface area contributed by atoms with Gasteiger partial charge in [-0.15, -0.1) is 0 Å². The van der Waals surface area contributed by atoms with Crippen molar-refractivity contribution in [3.05, 3.63) is 29.8 Å². The largest absolute Gasteiger partial charge is 0.478 e. The van der Waals surface area contributed by atoms with Crippen molar-refractivity contribution in [3.8, 4) is 0 Å². The first-order valence-corrected chi connectivity index (χ1v) is 10.6. The maximum absolute atomic E-state index is 12.4. The summed E-state index contributed by atoms with van der Waals surface area (Å²) in [6.45, 7) is 7.70. The number of carboxylic acids is 1. The Balaban J connectivity index is 1.51. The van der Waals surface area contributed by atoms with E-state index in [-0.39, 0.29) is 12.1 Å². The Labute approximate surface area is 173 Å². The Morgan fingerprint density at radius 1 is 1.07 bits per heavy atom. The number of nitrogens with zero attached hydrogens (tertiary/aromatic N) is 2. The van der Waals surface area contributed by atoms with Gasteiger partial charge in [-0.2, -0.15) is 0 Å². The van der Waals surface area contributed by atoms with Gasteiger partial charge in [-0.1, -0.05) is 0 Å². The average Bonchev–Trinajstić information content (AvgIpc) is 2.67. The normalized spacial score (nSPS) is 19.8. The highest BCUT2D eigenvalue weighted by atomic mass is 16.6. The minimum atomic E-state index is -0.887. The van der Waals surface area contributed by atoms with Crippen LogP contribution in [0, 0.1) is 5.41 Å². The predicted octanol–water partition coefficient (Wildman–Crippen LogP) is 4.78. The van der Waals surface area contributed by atoms with Crippen LogP contribution in [0.3, 0.4) is 0 Å². The first-order valence-electron chi connectivity index (χ1n) is 10.6. The summed E-state index contributed by atoms with van der Waals surface area (Å²) in [4.78, 5) is 27.5. The number of amides is 1. The number of carbonyl (C=O) groups excluding carboxylic acids is 1. The van der Waals surface area contributed by atoms with Gasteiger partial charge in [-0.05, 0) is 89.0 Å². The molecule has 1 heterocycles. The van der Waals surface area contributed by atoms with Crippen LogP contribution in [-0.2, 0) is 4.74 Å². The Kier molecular flexibility index (Phi) is 6.11. The second kappa shape index (κ2) is 8.25. The van der Waals surface area contributed by atoms with Gasteiger partial charge in [-0.3, -0.25) is 0 Å². The number of carboxylic acid groups (broad SMARTS) is 1. The zero-order chi connectivity index (χ0) is 21.2. The van der Waals surface area contributed by atoms with Crippen molar-refractivity contribution in [2.75, 3.05) is 25.0 Å². The second-order valence-corrected chi connectivity index (χ2v) is 9.66. The molecule has 6 heteroatoms. The smallest absolute Gasteiger partial charge is 0.410 e. The number of carbonyl (C=O) groups is 2. The summed E-state index contributed by atoms with van der Waals surface area (Å²) in [6.07, 6.45) is 6.44. The lowest BCUT2D eigenvalue weighted by Gasteiger charge is -2.47. The molecule has 29 heavy (non-hydrogen) atoms. The van der Waals surface area contributed by atoms with E-state index in [1.165, 1.54) is 0 Å². The summed E-state index contributed by atoms with van der Waals surface area (Å²) in [7, 11) is 1.86. The van der Waals surface area contributed by atoms with Crippen LogP contribution in [0.15, 0.2) is 24.3 Å². The lowest BCUT2D eigenvalue weighted by atomic mass is 9.66. The van der Waals surface area contributed by atoms with Crippen LogP contribution in [-0.4, -0.2) is 53.8 Å². The molecule has 1 N–H and O–H groups in total. The highest BCUT2D eigenvalue weighted by Gasteiger charge is 2.40. The Bertz CT molecular complexity index is 720. The highest BCUT2D eigenvalue weighted by molar-refractivity contribution is 5.88. The van der Waals surface area contributed by atoms with Gasteiger partial charge >= 0.3 is 12.1 Å². The Morgan fingerprint density at radius 2 is 1.62 bits per heavy atom. The number of hydrogen-bond donors (Lipinski definition) is 1. The van der Waals surface area contributed by atoms with E-state index < -0.39 is 11.6 Å². The Morgan fingerprint density at radius 3 is 2.10 bits per heavy atom. The molecule has 1 saturated carbocycles. The summed E-state index contributed by atoms with van der Waals surface area (Å²) in [5.74, 6) is -0.887. The van der Waals surface area contributed by atoms with Gasteiger partial charge in [0.15, 0.2) is 0 Å². The molecule has 1 aliphatic carbocycles. The van der Waals surface area contributed by atoms with Gasteiger partial charge < -0.3 is 19.6 Å². The Hall–Kier alpha value is -2.24. The van der Waals surface area contributed by atoms with E-state index in [1.807, 2.05) is 40.0 Å². The van der Waals surface area contributed by atoms with Crippen LogP contribution in [0.1, 0.15) is 69.7 Å². The molecule has 1 aromatic carbocycles. The summed E-state index contributed by atoms with van der Waals surface area (Å²) < 4.78 is 5.52. The van der Waals surface area contributed by atoms with E-state index >= 15 is 0 Å². The third-order valence-electron chi connectivity index (χ3n) is 6.55. The molecule has 6 nitrogen and oxygen atoms in total. The molecule has 2 aliphatic rings. The van der Waals surface area contributed by atoms with E-state index in [4.69, 9.17) is 9.84 Å². The number of anilines is 1. The van der Waals surface area contributed by atoms with Gasteiger partial charge in [0, 0.05) is 31.9 Å². The van der Waals surface area contributed by atoms with Crippen molar-refractivity contribution < 1.29 is 19.4 Å². The minimum Gasteiger partial charge on any atom is -0.478 e. The maximum Gasteiger partial charge on any atom is 0.410 e. The van der Waals surface area contributed by atoms with Crippen LogP contribution in [0.25, 0.3) is 0 Å². The molecule has 3 rings (SSSR count). The molecule has 0 radical (unpaired) electrons. The van der Waals surface area contributed by atoms with E-state index in [0.29, 0.717) is 11.0 Å². The van der Waals surface area contributed by atoms with E-state index in [0.717, 1.165) is 57.3 Å². The number of ether oxygens (including phenoxy) is 1. The molecule has 2 fully saturated rings. The number of benzene rings is 1. The van der Waals surface area contributed by atoms with E-state index in [9.17, 15) is 9.59 Å². The van der Waals surface area contributed by atoms with Crippen molar-refractivity contribution in [1.82, 2.24) is 4.90 Å². The monoisotopic (exact) mass is 402 g/mol. The number of aromatic carboxylic acids is 1. The molecule has 0 unspecified atom stereocenters. The molecule has 0 bridgehead atoms. The molecule has 1 aliphatic heterocycles. The van der Waals surface area contributed by atoms with Crippen LogP contribution in [0.4, 0.5) is 10.5 Å². The molecule has 1 aromatic rings. The number of hydrogen-bond acceptors (Lipinski definition) is 4. The molecule has 1 amide bonds. The minimum absolute atomic E-state index is 0.224. The van der Waals surface area contributed by atoms with Gasteiger partial charge in [0.25, 0.3) is 0 Å². The average molecular weight is 403 g/mol. The van der Waals surface area contributed by atoms with Crippen LogP contribution < -0.4 is 4.90 Å². The standard InChI is InChI=1S/C23H34N2O4/c1-22(2,3)29-21(28)24(4)18-9-11-23(12-10-18)13-15-25(16-14-23)19-7-5-17(6-8-19)20(26)27/h5-8,18H,9-16H2,1-4H3,(H,26,27). The van der Waals surface area contributed by atoms with Crippen molar-refractivity contribution in [2.24, 2.45) is 5.41 Å². The maximum atomic E-state index is 12.4. The topological polar surface area (TPSA) is 70.1 Å². The summed E-state index contributed by atoms with van der Waals surface area (Å²) >= 11 is 0. The molecular formula is C23H34N2O4.